The molecule has 0 radical (unpaired) electrons. The highest BCUT2D eigenvalue weighted by Crippen LogP contribution is 2.42. The van der Waals surface area contributed by atoms with E-state index >= 15 is 0 Å². The summed E-state index contributed by atoms with van der Waals surface area (Å²) in [5, 5.41) is 6.99. The topological polar surface area (TPSA) is 60.9 Å². The predicted molar refractivity (Wildman–Crippen MR) is 64.8 cm³/mol. The standard InChI is InChI=1S/C13H12F3N3O2/c1-2-19-6-9(12(18-19)13(14,15)16)10(20)8-5-17-21-11(8)7-3-4-7/h5-7H,2-4H2,1H3. The van der Waals surface area contributed by atoms with Gasteiger partial charge < -0.3 is 4.52 Å². The fourth-order valence-corrected chi connectivity index (χ4v) is 2.16. The van der Waals surface area contributed by atoms with Crippen LogP contribution < -0.4 is 0 Å². The quantitative estimate of drug-likeness (QED) is 0.814. The van der Waals surface area contributed by atoms with Gasteiger partial charge in [0, 0.05) is 18.7 Å². The molecule has 0 saturated heterocycles. The number of alkyl halides is 3. The molecule has 3 rings (SSSR count). The van der Waals surface area contributed by atoms with Crippen LogP contribution in [0.5, 0.6) is 0 Å². The van der Waals surface area contributed by atoms with Crippen LogP contribution in [0.2, 0.25) is 0 Å². The van der Waals surface area contributed by atoms with Gasteiger partial charge in [0.15, 0.2) is 11.5 Å². The van der Waals surface area contributed by atoms with Crippen LogP contribution in [-0.2, 0) is 12.7 Å². The Morgan fingerprint density at radius 1 is 1.43 bits per heavy atom. The molecule has 2 aromatic heterocycles. The van der Waals surface area contributed by atoms with Gasteiger partial charge in [0.2, 0.25) is 5.78 Å². The van der Waals surface area contributed by atoms with Crippen molar-refractivity contribution in [2.45, 2.75) is 38.4 Å². The zero-order chi connectivity index (χ0) is 15.2. The Morgan fingerprint density at radius 2 is 2.14 bits per heavy atom. The molecule has 1 fully saturated rings. The van der Waals surface area contributed by atoms with Gasteiger partial charge in [0.1, 0.15) is 0 Å². The maximum atomic E-state index is 13.0. The minimum absolute atomic E-state index is 0.0852. The molecule has 2 heterocycles. The molecule has 0 bridgehead atoms. The van der Waals surface area contributed by atoms with Crippen molar-refractivity contribution < 1.29 is 22.5 Å². The van der Waals surface area contributed by atoms with E-state index < -0.39 is 23.2 Å². The van der Waals surface area contributed by atoms with Crippen molar-refractivity contribution in [1.29, 1.82) is 0 Å². The smallest absolute Gasteiger partial charge is 0.360 e. The van der Waals surface area contributed by atoms with Gasteiger partial charge in [-0.15, -0.1) is 0 Å². The predicted octanol–water partition coefficient (Wildman–Crippen LogP) is 3.02. The number of aromatic nitrogens is 3. The third-order valence-corrected chi connectivity index (χ3v) is 3.39. The van der Waals surface area contributed by atoms with Gasteiger partial charge in [-0.3, -0.25) is 9.48 Å². The highest BCUT2D eigenvalue weighted by molar-refractivity contribution is 6.10. The van der Waals surface area contributed by atoms with Crippen molar-refractivity contribution >= 4 is 5.78 Å². The minimum Gasteiger partial charge on any atom is -0.360 e. The second-order valence-corrected chi connectivity index (χ2v) is 4.95. The van der Waals surface area contributed by atoms with Gasteiger partial charge in [-0.2, -0.15) is 18.3 Å². The molecule has 112 valence electrons. The largest absolute Gasteiger partial charge is 0.435 e. The number of hydrogen-bond donors (Lipinski definition) is 0. The second kappa shape index (κ2) is 4.71. The van der Waals surface area contributed by atoms with Crippen molar-refractivity contribution in [2.24, 2.45) is 0 Å². The Balaban J connectivity index is 2.04. The summed E-state index contributed by atoms with van der Waals surface area (Å²) in [6.45, 7) is 1.89. The molecule has 0 N–H and O–H groups in total. The Labute approximate surface area is 117 Å². The molecule has 5 nitrogen and oxygen atoms in total. The molecule has 0 aromatic carbocycles. The maximum Gasteiger partial charge on any atom is 0.435 e. The molecular formula is C13H12F3N3O2. The Bertz CT molecular complexity index is 683. The van der Waals surface area contributed by atoms with E-state index in [2.05, 4.69) is 10.3 Å². The summed E-state index contributed by atoms with van der Waals surface area (Å²) in [7, 11) is 0. The van der Waals surface area contributed by atoms with Crippen LogP contribution in [0.15, 0.2) is 16.9 Å². The molecule has 0 unspecified atom stereocenters. The Hall–Kier alpha value is -2.12. The SMILES string of the molecule is CCn1cc(C(=O)c2cnoc2C2CC2)c(C(F)(F)F)n1. The van der Waals surface area contributed by atoms with Gasteiger partial charge in [-0.1, -0.05) is 5.16 Å². The van der Waals surface area contributed by atoms with Gasteiger partial charge in [-0.25, -0.2) is 0 Å². The number of hydrogen-bond acceptors (Lipinski definition) is 4. The third-order valence-electron chi connectivity index (χ3n) is 3.39. The molecule has 2 aromatic rings. The molecule has 8 heteroatoms. The number of rotatable bonds is 4. The van der Waals surface area contributed by atoms with E-state index in [9.17, 15) is 18.0 Å². The van der Waals surface area contributed by atoms with E-state index in [0.29, 0.717) is 5.76 Å². The molecule has 0 amide bonds. The van der Waals surface area contributed by atoms with Gasteiger partial charge in [0.05, 0.1) is 17.3 Å². The molecule has 1 saturated carbocycles. The van der Waals surface area contributed by atoms with Crippen LogP contribution in [-0.4, -0.2) is 20.7 Å². The van der Waals surface area contributed by atoms with E-state index in [1.54, 1.807) is 6.92 Å². The summed E-state index contributed by atoms with van der Waals surface area (Å²) in [6, 6.07) is 0. The van der Waals surface area contributed by atoms with Gasteiger partial charge in [-0.05, 0) is 19.8 Å². The zero-order valence-corrected chi connectivity index (χ0v) is 11.1. The Morgan fingerprint density at radius 3 is 2.71 bits per heavy atom. The van der Waals surface area contributed by atoms with E-state index in [1.807, 2.05) is 0 Å². The van der Waals surface area contributed by atoms with E-state index in [-0.39, 0.29) is 18.0 Å². The van der Waals surface area contributed by atoms with Gasteiger partial charge >= 0.3 is 6.18 Å². The molecular weight excluding hydrogens is 287 g/mol. The highest BCUT2D eigenvalue weighted by Gasteiger charge is 2.41. The lowest BCUT2D eigenvalue weighted by Gasteiger charge is -2.04. The summed E-state index contributed by atoms with van der Waals surface area (Å²) >= 11 is 0. The first-order valence-corrected chi connectivity index (χ1v) is 6.55. The summed E-state index contributed by atoms with van der Waals surface area (Å²) in [5.74, 6) is -0.287. The summed E-state index contributed by atoms with van der Waals surface area (Å²) in [6.07, 6.45) is -0.664. The summed E-state index contributed by atoms with van der Waals surface area (Å²) in [4.78, 5) is 12.4. The van der Waals surface area contributed by atoms with E-state index in [4.69, 9.17) is 4.52 Å². The molecule has 21 heavy (non-hydrogen) atoms. The first-order chi connectivity index (χ1) is 9.91. The zero-order valence-electron chi connectivity index (χ0n) is 11.1. The molecule has 0 aliphatic heterocycles. The first kappa shape index (κ1) is 13.8. The van der Waals surface area contributed by atoms with Crippen LogP contribution in [0.4, 0.5) is 13.2 Å². The second-order valence-electron chi connectivity index (χ2n) is 4.95. The van der Waals surface area contributed by atoms with Crippen LogP contribution >= 0.6 is 0 Å². The van der Waals surface area contributed by atoms with Crippen molar-refractivity contribution in [3.63, 3.8) is 0 Å². The average molecular weight is 299 g/mol. The minimum atomic E-state index is -4.68. The number of nitrogens with zero attached hydrogens (tertiary/aromatic N) is 3. The van der Waals surface area contributed by atoms with Crippen molar-refractivity contribution in [2.75, 3.05) is 0 Å². The first-order valence-electron chi connectivity index (χ1n) is 6.55. The fourth-order valence-electron chi connectivity index (χ4n) is 2.16. The maximum absolute atomic E-state index is 13.0. The van der Waals surface area contributed by atoms with Crippen molar-refractivity contribution in [3.8, 4) is 0 Å². The lowest BCUT2D eigenvalue weighted by atomic mass is 10.0. The van der Waals surface area contributed by atoms with Crippen LogP contribution in [0.3, 0.4) is 0 Å². The highest BCUT2D eigenvalue weighted by atomic mass is 19.4. The number of halogens is 3. The molecule has 0 spiro atoms. The van der Waals surface area contributed by atoms with Crippen LogP contribution in [0, 0.1) is 0 Å². The number of carbonyl (C=O) groups is 1. The Kier molecular flexibility index (Phi) is 3.11. The molecule has 0 atom stereocenters. The number of aryl methyl sites for hydroxylation is 1. The van der Waals surface area contributed by atoms with Crippen LogP contribution in [0.25, 0.3) is 0 Å². The summed E-state index contributed by atoms with van der Waals surface area (Å²) < 4.78 is 45.1. The average Bonchev–Trinajstić information content (AvgIpc) is 3.00. The number of ketones is 1. The van der Waals surface area contributed by atoms with Crippen molar-refractivity contribution in [1.82, 2.24) is 14.9 Å². The molecule has 1 aliphatic rings. The number of carbonyl (C=O) groups excluding carboxylic acids is 1. The van der Waals surface area contributed by atoms with Crippen molar-refractivity contribution in [3.05, 3.63) is 35.0 Å². The van der Waals surface area contributed by atoms with Gasteiger partial charge in [0.25, 0.3) is 0 Å². The normalized spacial score (nSPS) is 15.4. The summed E-state index contributed by atoms with van der Waals surface area (Å²) in [5.41, 5.74) is -1.54. The van der Waals surface area contributed by atoms with Crippen LogP contribution in [0.1, 0.15) is 53.1 Å². The molecule has 1 aliphatic carbocycles. The third kappa shape index (κ3) is 2.45. The lowest BCUT2D eigenvalue weighted by Crippen LogP contribution is -2.13. The monoisotopic (exact) mass is 299 g/mol. The lowest BCUT2D eigenvalue weighted by molar-refractivity contribution is -0.141. The van der Waals surface area contributed by atoms with E-state index in [1.165, 1.54) is 6.20 Å². The van der Waals surface area contributed by atoms with E-state index in [0.717, 1.165) is 23.7 Å². The fraction of sp³-hybridized carbons (Fsp3) is 0.462.